The van der Waals surface area contributed by atoms with Crippen molar-refractivity contribution in [1.29, 1.82) is 0 Å². The van der Waals surface area contributed by atoms with E-state index in [0.29, 0.717) is 11.4 Å². The number of esters is 1. The van der Waals surface area contributed by atoms with E-state index in [0.717, 1.165) is 5.56 Å². The maximum absolute atomic E-state index is 12.0. The lowest BCUT2D eigenvalue weighted by Gasteiger charge is -2.10. The first-order valence-electron chi connectivity index (χ1n) is 8.53. The molecule has 0 saturated carbocycles. The van der Waals surface area contributed by atoms with E-state index >= 15 is 0 Å². The highest BCUT2D eigenvalue weighted by atomic mass is 32.1. The zero-order chi connectivity index (χ0) is 20.5. The molecule has 0 aliphatic heterocycles. The van der Waals surface area contributed by atoms with Crippen molar-refractivity contribution in [3.8, 4) is 0 Å². The third-order valence-corrected chi connectivity index (χ3v) is 4.26. The van der Waals surface area contributed by atoms with E-state index < -0.39 is 24.4 Å². The number of carbonyl (C=O) groups is 4. The van der Waals surface area contributed by atoms with Crippen LogP contribution in [-0.2, 0) is 16.1 Å². The molecule has 0 aliphatic carbocycles. The lowest BCUT2D eigenvalue weighted by Crippen LogP contribution is -2.39. The van der Waals surface area contributed by atoms with Crippen LogP contribution in [0.5, 0.6) is 0 Å². The number of rotatable bonds is 7. The molecule has 9 heteroatoms. The zero-order valence-corrected chi connectivity index (χ0v) is 16.3. The van der Waals surface area contributed by atoms with E-state index in [2.05, 4.69) is 16.0 Å². The molecule has 1 aromatic carbocycles. The van der Waals surface area contributed by atoms with Gasteiger partial charge in [-0.1, -0.05) is 18.2 Å². The minimum absolute atomic E-state index is 0.0370. The predicted molar refractivity (Wildman–Crippen MR) is 104 cm³/mol. The fourth-order valence-electron chi connectivity index (χ4n) is 2.10. The minimum Gasteiger partial charge on any atom is -0.452 e. The Kier molecular flexibility index (Phi) is 7.70. The molecule has 148 valence electrons. The largest absolute Gasteiger partial charge is 0.452 e. The van der Waals surface area contributed by atoms with E-state index in [-0.39, 0.29) is 17.6 Å². The molecule has 0 radical (unpaired) electrons. The summed E-state index contributed by atoms with van der Waals surface area (Å²) in [5, 5.41) is 9.27. The quantitative estimate of drug-likeness (QED) is 0.613. The van der Waals surface area contributed by atoms with Crippen molar-refractivity contribution in [2.75, 3.05) is 6.61 Å². The first-order chi connectivity index (χ1) is 13.3. The van der Waals surface area contributed by atoms with Crippen LogP contribution in [0.25, 0.3) is 0 Å². The number of hydrogen-bond donors (Lipinski definition) is 3. The second kappa shape index (κ2) is 10.2. The molecule has 2 aromatic rings. The van der Waals surface area contributed by atoms with Gasteiger partial charge in [0.25, 0.3) is 11.8 Å². The highest BCUT2D eigenvalue weighted by Crippen LogP contribution is 2.08. The van der Waals surface area contributed by atoms with Gasteiger partial charge < -0.3 is 15.4 Å². The second-order valence-electron chi connectivity index (χ2n) is 6.11. The molecule has 8 nitrogen and oxygen atoms in total. The first-order valence-corrected chi connectivity index (χ1v) is 9.41. The molecule has 1 aromatic heterocycles. The number of benzene rings is 1. The highest BCUT2D eigenvalue weighted by molar-refractivity contribution is 7.12. The summed E-state index contributed by atoms with van der Waals surface area (Å²) in [6.07, 6.45) is 0. The summed E-state index contributed by atoms with van der Waals surface area (Å²) in [5.74, 6) is -1.92. The van der Waals surface area contributed by atoms with Gasteiger partial charge in [-0.25, -0.2) is 9.59 Å². The molecule has 0 fully saturated rings. The summed E-state index contributed by atoms with van der Waals surface area (Å²) in [7, 11) is 0. The number of carbonyl (C=O) groups excluding carboxylic acids is 4. The number of amides is 4. The maximum Gasteiger partial charge on any atom is 0.338 e. The second-order valence-corrected chi connectivity index (χ2v) is 7.06. The molecule has 3 N–H and O–H groups in total. The fraction of sp³-hybridized carbons (Fsp3) is 0.263. The summed E-state index contributed by atoms with van der Waals surface area (Å²) in [6, 6.07) is 9.46. The average Bonchev–Trinajstić information content (AvgIpc) is 3.19. The third-order valence-electron chi connectivity index (χ3n) is 3.39. The summed E-state index contributed by atoms with van der Waals surface area (Å²) in [6.45, 7) is 3.46. The number of hydrogen-bond acceptors (Lipinski definition) is 6. The van der Waals surface area contributed by atoms with E-state index in [1.165, 1.54) is 23.5 Å². The Morgan fingerprint density at radius 3 is 2.39 bits per heavy atom. The molecular formula is C19H21N3O5S. The normalized spacial score (nSPS) is 10.2. The van der Waals surface area contributed by atoms with Crippen molar-refractivity contribution < 1.29 is 23.9 Å². The molecule has 0 saturated heterocycles. The zero-order valence-electron chi connectivity index (χ0n) is 15.5. The number of nitrogens with one attached hydrogen (secondary N) is 3. The summed E-state index contributed by atoms with van der Waals surface area (Å²) in [4.78, 5) is 47.4. The van der Waals surface area contributed by atoms with Crippen molar-refractivity contribution >= 4 is 35.2 Å². The smallest absolute Gasteiger partial charge is 0.338 e. The average molecular weight is 403 g/mol. The molecule has 0 spiro atoms. The van der Waals surface area contributed by atoms with Gasteiger partial charge in [0, 0.05) is 12.6 Å². The van der Waals surface area contributed by atoms with Crippen LogP contribution in [0.15, 0.2) is 41.8 Å². The van der Waals surface area contributed by atoms with Crippen LogP contribution in [0, 0.1) is 0 Å². The van der Waals surface area contributed by atoms with Crippen LogP contribution in [0.1, 0.15) is 39.4 Å². The molecule has 0 bridgehead atoms. The van der Waals surface area contributed by atoms with E-state index in [9.17, 15) is 19.2 Å². The van der Waals surface area contributed by atoms with E-state index in [1.54, 1.807) is 29.6 Å². The molecule has 0 unspecified atom stereocenters. The summed E-state index contributed by atoms with van der Waals surface area (Å²) >= 11 is 1.20. The Hall–Kier alpha value is -3.20. The molecular weight excluding hydrogens is 382 g/mol. The van der Waals surface area contributed by atoms with Crippen LogP contribution in [-0.4, -0.2) is 36.5 Å². The number of thiophene rings is 1. The Morgan fingerprint density at radius 1 is 1.07 bits per heavy atom. The Balaban J connectivity index is 1.77. The van der Waals surface area contributed by atoms with Crippen molar-refractivity contribution in [2.24, 2.45) is 0 Å². The van der Waals surface area contributed by atoms with E-state index in [1.807, 2.05) is 13.8 Å². The fourth-order valence-corrected chi connectivity index (χ4v) is 2.72. The van der Waals surface area contributed by atoms with Crippen molar-refractivity contribution in [2.45, 2.75) is 26.4 Å². The molecule has 0 aliphatic rings. The van der Waals surface area contributed by atoms with Gasteiger partial charge in [-0.3, -0.25) is 14.9 Å². The van der Waals surface area contributed by atoms with Gasteiger partial charge in [0.15, 0.2) is 6.61 Å². The topological polar surface area (TPSA) is 114 Å². The Morgan fingerprint density at radius 2 is 1.79 bits per heavy atom. The van der Waals surface area contributed by atoms with Gasteiger partial charge in [0.2, 0.25) is 0 Å². The third kappa shape index (κ3) is 6.84. The monoisotopic (exact) mass is 403 g/mol. The summed E-state index contributed by atoms with van der Waals surface area (Å²) < 4.78 is 4.91. The molecule has 1 heterocycles. The Bertz CT molecular complexity index is 832. The number of urea groups is 1. The number of imide groups is 1. The summed E-state index contributed by atoms with van der Waals surface area (Å²) in [5.41, 5.74) is 1.06. The van der Waals surface area contributed by atoms with E-state index in [4.69, 9.17) is 4.74 Å². The predicted octanol–water partition coefficient (Wildman–Crippen LogP) is 2.07. The van der Waals surface area contributed by atoms with Crippen molar-refractivity contribution in [3.05, 3.63) is 57.8 Å². The van der Waals surface area contributed by atoms with Crippen molar-refractivity contribution in [3.63, 3.8) is 0 Å². The lowest BCUT2D eigenvalue weighted by molar-refractivity contribution is -0.123. The molecule has 2 rings (SSSR count). The van der Waals surface area contributed by atoms with Gasteiger partial charge in [-0.15, -0.1) is 11.3 Å². The van der Waals surface area contributed by atoms with Crippen LogP contribution in [0.4, 0.5) is 4.79 Å². The lowest BCUT2D eigenvalue weighted by atomic mass is 10.1. The SMILES string of the molecule is CC(C)NC(=O)NCc1ccc(C(=O)OCC(=O)NC(=O)c2cccs2)cc1. The van der Waals surface area contributed by atoms with Crippen LogP contribution in [0.3, 0.4) is 0 Å². The van der Waals surface area contributed by atoms with Gasteiger partial charge >= 0.3 is 12.0 Å². The van der Waals surface area contributed by atoms with Crippen LogP contribution < -0.4 is 16.0 Å². The van der Waals surface area contributed by atoms with Gasteiger partial charge in [0.05, 0.1) is 10.4 Å². The van der Waals surface area contributed by atoms with Gasteiger partial charge in [-0.2, -0.15) is 0 Å². The Labute approximate surface area is 166 Å². The van der Waals surface area contributed by atoms with Crippen LogP contribution >= 0.6 is 11.3 Å². The number of ether oxygens (including phenoxy) is 1. The van der Waals surface area contributed by atoms with Crippen LogP contribution in [0.2, 0.25) is 0 Å². The molecule has 4 amide bonds. The minimum atomic E-state index is -0.705. The highest BCUT2D eigenvalue weighted by Gasteiger charge is 2.14. The maximum atomic E-state index is 12.0. The first kappa shape index (κ1) is 21.1. The molecule has 28 heavy (non-hydrogen) atoms. The van der Waals surface area contributed by atoms with Crippen molar-refractivity contribution in [1.82, 2.24) is 16.0 Å². The standard InChI is InChI=1S/C19H21N3O5S/c1-12(2)21-19(26)20-10-13-5-7-14(8-6-13)18(25)27-11-16(23)22-17(24)15-4-3-9-28-15/h3-9,12H,10-11H2,1-2H3,(H2,20,21,26)(H,22,23,24). The van der Waals surface area contributed by atoms with Gasteiger partial charge in [-0.05, 0) is 43.0 Å². The van der Waals surface area contributed by atoms with Gasteiger partial charge in [0.1, 0.15) is 0 Å². The molecule has 0 atom stereocenters.